The number of rotatable bonds is 5. The first-order chi connectivity index (χ1) is 14.2. The zero-order valence-corrected chi connectivity index (χ0v) is 19.1. The average molecular weight is 417 g/mol. The number of benzene rings is 1. The summed E-state index contributed by atoms with van der Waals surface area (Å²) in [7, 11) is 3.28. The van der Waals surface area contributed by atoms with E-state index < -0.39 is 0 Å². The number of ether oxygens (including phenoxy) is 2. The van der Waals surface area contributed by atoms with Gasteiger partial charge in [0.05, 0.1) is 14.2 Å². The fraction of sp³-hybridized carbons (Fsp3) is 0.667. The Labute approximate surface area is 180 Å². The molecule has 6 heteroatoms. The standard InChI is InChI=1S/C24H36N2O4/c1-24(2,3)23(28)26-14-10-18-15-21(27)25(13-11-19(18)16-26)12-9-17-7-6-8-20(29-4)22(17)30-5/h6-8,18-19H,9-16H2,1-5H3/t18-,19+/m1/s1. The summed E-state index contributed by atoms with van der Waals surface area (Å²) in [5.41, 5.74) is 0.697. The molecule has 0 aliphatic carbocycles. The van der Waals surface area contributed by atoms with E-state index in [1.807, 2.05) is 48.8 Å². The Kier molecular flexibility index (Phi) is 6.94. The monoisotopic (exact) mass is 416 g/mol. The van der Waals surface area contributed by atoms with Gasteiger partial charge in [-0.3, -0.25) is 9.59 Å². The Hall–Kier alpha value is -2.24. The molecule has 0 saturated carbocycles. The molecule has 0 N–H and O–H groups in total. The Morgan fingerprint density at radius 1 is 1.10 bits per heavy atom. The molecular weight excluding hydrogens is 380 g/mol. The van der Waals surface area contributed by atoms with Crippen LogP contribution in [0.2, 0.25) is 0 Å². The molecule has 0 unspecified atom stereocenters. The number of carbonyl (C=O) groups is 2. The zero-order chi connectivity index (χ0) is 21.9. The molecule has 2 amide bonds. The van der Waals surface area contributed by atoms with E-state index in [0.717, 1.165) is 50.2 Å². The van der Waals surface area contributed by atoms with Crippen molar-refractivity contribution < 1.29 is 19.1 Å². The Bertz CT molecular complexity index is 771. The highest BCUT2D eigenvalue weighted by Gasteiger charge is 2.38. The average Bonchev–Trinajstić information content (AvgIpc) is 2.88. The van der Waals surface area contributed by atoms with Gasteiger partial charge in [0.15, 0.2) is 11.5 Å². The molecule has 3 rings (SSSR count). The van der Waals surface area contributed by atoms with Gasteiger partial charge in [0.2, 0.25) is 11.8 Å². The molecule has 6 nitrogen and oxygen atoms in total. The third-order valence-electron chi connectivity index (χ3n) is 6.52. The summed E-state index contributed by atoms with van der Waals surface area (Å²) in [4.78, 5) is 29.6. The van der Waals surface area contributed by atoms with Crippen LogP contribution in [0.1, 0.15) is 45.6 Å². The van der Waals surface area contributed by atoms with Crippen LogP contribution in [0.4, 0.5) is 0 Å². The normalized spacial score (nSPS) is 22.4. The number of carbonyl (C=O) groups excluding carboxylic acids is 2. The highest BCUT2D eigenvalue weighted by Crippen LogP contribution is 2.35. The Balaban J connectivity index is 1.63. The van der Waals surface area contributed by atoms with Gasteiger partial charge in [0.1, 0.15) is 0 Å². The van der Waals surface area contributed by atoms with Crippen LogP contribution in [0.5, 0.6) is 11.5 Å². The lowest BCUT2D eigenvalue weighted by atomic mass is 9.81. The van der Waals surface area contributed by atoms with Crippen molar-refractivity contribution in [2.45, 2.75) is 46.5 Å². The van der Waals surface area contributed by atoms with Gasteiger partial charge in [-0.15, -0.1) is 0 Å². The Morgan fingerprint density at radius 2 is 1.83 bits per heavy atom. The second-order valence-corrected chi connectivity index (χ2v) is 9.59. The third-order valence-corrected chi connectivity index (χ3v) is 6.52. The van der Waals surface area contributed by atoms with Crippen LogP contribution in [0.15, 0.2) is 18.2 Å². The number of methoxy groups -OCH3 is 2. The van der Waals surface area contributed by atoms with Crippen LogP contribution in [0.3, 0.4) is 0 Å². The van der Waals surface area contributed by atoms with Crippen LogP contribution in [0.25, 0.3) is 0 Å². The molecule has 0 aromatic heterocycles. The van der Waals surface area contributed by atoms with Crippen LogP contribution < -0.4 is 9.47 Å². The van der Waals surface area contributed by atoms with Gasteiger partial charge < -0.3 is 19.3 Å². The molecule has 1 aromatic carbocycles. The van der Waals surface area contributed by atoms with Gasteiger partial charge in [-0.2, -0.15) is 0 Å². The Morgan fingerprint density at radius 3 is 2.50 bits per heavy atom. The SMILES string of the molecule is COc1cccc(CCN2CC[C@H]3CN(C(=O)C(C)(C)C)CC[C@@H]3CC2=O)c1OC. The molecule has 2 fully saturated rings. The predicted molar refractivity (Wildman–Crippen MR) is 117 cm³/mol. The van der Waals surface area contributed by atoms with Gasteiger partial charge in [-0.05, 0) is 42.7 Å². The number of likely N-dealkylation sites (tertiary alicyclic amines) is 2. The van der Waals surface area contributed by atoms with Crippen molar-refractivity contribution in [1.82, 2.24) is 9.80 Å². The predicted octanol–water partition coefficient (Wildman–Crippen LogP) is 3.38. The van der Waals surface area contributed by atoms with Crippen molar-refractivity contribution in [3.05, 3.63) is 23.8 Å². The minimum atomic E-state index is -0.352. The molecule has 166 valence electrons. The van der Waals surface area contributed by atoms with E-state index in [0.29, 0.717) is 30.6 Å². The maximum absolute atomic E-state index is 12.9. The van der Waals surface area contributed by atoms with Gasteiger partial charge in [0.25, 0.3) is 0 Å². The summed E-state index contributed by atoms with van der Waals surface area (Å²) < 4.78 is 10.9. The van der Waals surface area contributed by atoms with Crippen molar-refractivity contribution in [1.29, 1.82) is 0 Å². The lowest BCUT2D eigenvalue weighted by Gasteiger charge is -2.40. The van der Waals surface area contributed by atoms with E-state index in [2.05, 4.69) is 0 Å². The van der Waals surface area contributed by atoms with E-state index in [1.54, 1.807) is 14.2 Å². The quantitative estimate of drug-likeness (QED) is 0.738. The van der Waals surface area contributed by atoms with Crippen LogP contribution in [-0.2, 0) is 16.0 Å². The lowest BCUT2D eigenvalue weighted by Crippen LogP contribution is -2.47. The summed E-state index contributed by atoms with van der Waals surface area (Å²) in [6.45, 7) is 8.92. The molecule has 2 atom stereocenters. The molecule has 0 radical (unpaired) electrons. The molecule has 0 spiro atoms. The molecule has 2 aliphatic heterocycles. The van der Waals surface area contributed by atoms with E-state index in [1.165, 1.54) is 0 Å². The fourth-order valence-electron chi connectivity index (χ4n) is 4.78. The topological polar surface area (TPSA) is 59.1 Å². The van der Waals surface area contributed by atoms with E-state index in [-0.39, 0.29) is 17.2 Å². The number of para-hydroxylation sites is 1. The summed E-state index contributed by atoms with van der Waals surface area (Å²) in [6.07, 6.45) is 3.21. The van der Waals surface area contributed by atoms with Crippen molar-refractivity contribution in [3.8, 4) is 11.5 Å². The van der Waals surface area contributed by atoms with Gasteiger partial charge in [0, 0.05) is 38.0 Å². The molecule has 0 bridgehead atoms. The number of amides is 2. The fourth-order valence-corrected chi connectivity index (χ4v) is 4.78. The summed E-state index contributed by atoms with van der Waals surface area (Å²) in [5, 5.41) is 0. The van der Waals surface area contributed by atoms with Crippen LogP contribution in [-0.4, -0.2) is 62.0 Å². The van der Waals surface area contributed by atoms with Crippen LogP contribution in [0, 0.1) is 17.3 Å². The van der Waals surface area contributed by atoms with E-state index in [4.69, 9.17) is 9.47 Å². The minimum Gasteiger partial charge on any atom is -0.493 e. The highest BCUT2D eigenvalue weighted by molar-refractivity contribution is 5.81. The van der Waals surface area contributed by atoms with Crippen molar-refractivity contribution in [2.75, 3.05) is 40.4 Å². The van der Waals surface area contributed by atoms with Crippen molar-refractivity contribution in [2.24, 2.45) is 17.3 Å². The second-order valence-electron chi connectivity index (χ2n) is 9.59. The smallest absolute Gasteiger partial charge is 0.227 e. The van der Waals surface area contributed by atoms with Gasteiger partial charge in [-0.25, -0.2) is 0 Å². The number of hydrogen-bond donors (Lipinski definition) is 0. The van der Waals surface area contributed by atoms with E-state index >= 15 is 0 Å². The molecule has 30 heavy (non-hydrogen) atoms. The lowest BCUT2D eigenvalue weighted by molar-refractivity contribution is -0.142. The first-order valence-electron chi connectivity index (χ1n) is 11.0. The summed E-state index contributed by atoms with van der Waals surface area (Å²) in [5.74, 6) is 2.71. The molecular formula is C24H36N2O4. The molecule has 2 aliphatic rings. The number of piperidine rings is 1. The zero-order valence-electron chi connectivity index (χ0n) is 19.1. The number of nitrogens with zero attached hydrogens (tertiary/aromatic N) is 2. The van der Waals surface area contributed by atoms with Crippen molar-refractivity contribution >= 4 is 11.8 Å². The number of hydrogen-bond acceptors (Lipinski definition) is 4. The molecule has 2 saturated heterocycles. The number of fused-ring (bicyclic) bond motifs is 1. The first-order valence-corrected chi connectivity index (χ1v) is 11.0. The van der Waals surface area contributed by atoms with Crippen LogP contribution >= 0.6 is 0 Å². The van der Waals surface area contributed by atoms with E-state index in [9.17, 15) is 9.59 Å². The highest BCUT2D eigenvalue weighted by atomic mass is 16.5. The second kappa shape index (κ2) is 9.27. The third kappa shape index (κ3) is 4.90. The van der Waals surface area contributed by atoms with Crippen molar-refractivity contribution in [3.63, 3.8) is 0 Å². The maximum Gasteiger partial charge on any atom is 0.227 e. The first kappa shape index (κ1) is 22.4. The maximum atomic E-state index is 12.9. The molecule has 2 heterocycles. The van der Waals surface area contributed by atoms with Gasteiger partial charge in [-0.1, -0.05) is 32.9 Å². The minimum absolute atomic E-state index is 0.221. The summed E-state index contributed by atoms with van der Waals surface area (Å²) >= 11 is 0. The molecule has 1 aromatic rings. The summed E-state index contributed by atoms with van der Waals surface area (Å²) in [6, 6.07) is 5.87. The van der Waals surface area contributed by atoms with Gasteiger partial charge >= 0.3 is 0 Å². The largest absolute Gasteiger partial charge is 0.493 e.